The summed E-state index contributed by atoms with van der Waals surface area (Å²) in [5.74, 6) is 1.44. The fourth-order valence-electron chi connectivity index (χ4n) is 2.76. The molecule has 0 saturated heterocycles. The summed E-state index contributed by atoms with van der Waals surface area (Å²) in [7, 11) is 7.23. The number of urea groups is 1. The molecule has 146 valence electrons. The smallest absolute Gasteiger partial charge is 0.319 e. The number of rotatable bonds is 8. The summed E-state index contributed by atoms with van der Waals surface area (Å²) < 4.78 is 10.6. The molecule has 0 aliphatic heterocycles. The minimum atomic E-state index is -0.192. The van der Waals surface area contributed by atoms with Gasteiger partial charge in [0, 0.05) is 32.0 Å². The Bertz CT molecular complexity index is 775. The van der Waals surface area contributed by atoms with Crippen LogP contribution in [0.2, 0.25) is 0 Å². The van der Waals surface area contributed by atoms with Gasteiger partial charge in [-0.15, -0.1) is 0 Å². The van der Waals surface area contributed by atoms with E-state index >= 15 is 0 Å². The molecule has 2 amide bonds. The van der Waals surface area contributed by atoms with E-state index in [9.17, 15) is 4.79 Å². The van der Waals surface area contributed by atoms with Crippen LogP contribution in [-0.2, 0) is 6.42 Å². The Hall–Kier alpha value is -2.89. The van der Waals surface area contributed by atoms with Crippen LogP contribution in [0, 0.1) is 6.92 Å². The van der Waals surface area contributed by atoms with E-state index in [-0.39, 0.29) is 6.03 Å². The molecule has 0 radical (unpaired) electrons. The number of hydrogen-bond acceptors (Lipinski definition) is 4. The van der Waals surface area contributed by atoms with Gasteiger partial charge in [0.05, 0.1) is 14.2 Å². The number of nitrogens with zero attached hydrogens (tertiary/aromatic N) is 1. The molecular formula is C21H29N3O3. The minimum Gasteiger partial charge on any atom is -0.493 e. The predicted molar refractivity (Wildman–Crippen MR) is 110 cm³/mol. The van der Waals surface area contributed by atoms with Gasteiger partial charge in [0.1, 0.15) is 0 Å². The Morgan fingerprint density at radius 3 is 2.41 bits per heavy atom. The Labute approximate surface area is 161 Å². The normalized spacial score (nSPS) is 10.3. The largest absolute Gasteiger partial charge is 0.493 e. The monoisotopic (exact) mass is 371 g/mol. The zero-order chi connectivity index (χ0) is 19.8. The number of amides is 2. The van der Waals surface area contributed by atoms with Crippen molar-refractivity contribution in [3.05, 3.63) is 47.5 Å². The molecule has 2 aromatic carbocycles. The summed E-state index contributed by atoms with van der Waals surface area (Å²) in [4.78, 5) is 14.1. The van der Waals surface area contributed by atoms with E-state index in [4.69, 9.17) is 9.47 Å². The Morgan fingerprint density at radius 1 is 1.04 bits per heavy atom. The molecule has 0 aromatic heterocycles. The zero-order valence-electron chi connectivity index (χ0n) is 16.8. The molecule has 27 heavy (non-hydrogen) atoms. The Balaban J connectivity index is 1.80. The molecule has 0 saturated carbocycles. The first-order valence-electron chi connectivity index (χ1n) is 8.98. The SMILES string of the molecule is COc1ccc(CCCNC(=O)Nc2ccc(N(C)C)cc2C)cc1OC. The third kappa shape index (κ3) is 5.81. The van der Waals surface area contributed by atoms with Crippen LogP contribution >= 0.6 is 0 Å². The quantitative estimate of drug-likeness (QED) is 0.692. The lowest BCUT2D eigenvalue weighted by Gasteiger charge is -2.16. The van der Waals surface area contributed by atoms with Gasteiger partial charge in [-0.3, -0.25) is 0 Å². The lowest BCUT2D eigenvalue weighted by Crippen LogP contribution is -2.30. The molecule has 0 aliphatic rings. The molecule has 0 heterocycles. The maximum Gasteiger partial charge on any atom is 0.319 e. The number of carbonyl (C=O) groups is 1. The topological polar surface area (TPSA) is 62.8 Å². The fourth-order valence-corrected chi connectivity index (χ4v) is 2.76. The van der Waals surface area contributed by atoms with Crippen molar-refractivity contribution in [3.63, 3.8) is 0 Å². The number of methoxy groups -OCH3 is 2. The van der Waals surface area contributed by atoms with Crippen molar-refractivity contribution in [3.8, 4) is 11.5 Å². The van der Waals surface area contributed by atoms with E-state index < -0.39 is 0 Å². The van der Waals surface area contributed by atoms with Crippen molar-refractivity contribution in [2.75, 3.05) is 45.1 Å². The number of ether oxygens (including phenoxy) is 2. The molecule has 6 heteroatoms. The molecular weight excluding hydrogens is 342 g/mol. The van der Waals surface area contributed by atoms with Crippen LogP contribution in [0.15, 0.2) is 36.4 Å². The number of hydrogen-bond donors (Lipinski definition) is 2. The third-order valence-corrected chi connectivity index (χ3v) is 4.35. The van der Waals surface area contributed by atoms with Crippen molar-refractivity contribution in [2.24, 2.45) is 0 Å². The second-order valence-electron chi connectivity index (χ2n) is 6.57. The first-order valence-corrected chi connectivity index (χ1v) is 8.98. The van der Waals surface area contributed by atoms with Gasteiger partial charge in [-0.2, -0.15) is 0 Å². The Kier molecular flexibility index (Phi) is 7.34. The highest BCUT2D eigenvalue weighted by Crippen LogP contribution is 2.28. The van der Waals surface area contributed by atoms with Crippen LogP contribution in [0.1, 0.15) is 17.5 Å². The number of carbonyl (C=O) groups excluding carboxylic acids is 1. The van der Waals surface area contributed by atoms with Crippen molar-refractivity contribution in [2.45, 2.75) is 19.8 Å². The first-order chi connectivity index (χ1) is 12.9. The van der Waals surface area contributed by atoms with E-state index in [1.807, 2.05) is 62.3 Å². The van der Waals surface area contributed by atoms with E-state index in [2.05, 4.69) is 10.6 Å². The molecule has 0 atom stereocenters. The highest BCUT2D eigenvalue weighted by atomic mass is 16.5. The van der Waals surface area contributed by atoms with Crippen molar-refractivity contribution < 1.29 is 14.3 Å². The van der Waals surface area contributed by atoms with Gasteiger partial charge in [-0.25, -0.2) is 4.79 Å². The highest BCUT2D eigenvalue weighted by Gasteiger charge is 2.07. The van der Waals surface area contributed by atoms with Crippen LogP contribution < -0.4 is 25.0 Å². The van der Waals surface area contributed by atoms with E-state index in [0.29, 0.717) is 6.54 Å². The van der Waals surface area contributed by atoms with E-state index in [1.54, 1.807) is 14.2 Å². The molecule has 2 aromatic rings. The molecule has 6 nitrogen and oxygen atoms in total. The van der Waals surface area contributed by atoms with Gasteiger partial charge in [0.2, 0.25) is 0 Å². The van der Waals surface area contributed by atoms with Crippen molar-refractivity contribution in [1.29, 1.82) is 0 Å². The van der Waals surface area contributed by atoms with E-state index in [1.165, 1.54) is 0 Å². The molecule has 0 aliphatic carbocycles. The molecule has 0 unspecified atom stereocenters. The fraction of sp³-hybridized carbons (Fsp3) is 0.381. The maximum atomic E-state index is 12.1. The summed E-state index contributed by atoms with van der Waals surface area (Å²) in [6, 6.07) is 11.6. The molecule has 2 rings (SSSR count). The van der Waals surface area contributed by atoms with Gasteiger partial charge in [0.25, 0.3) is 0 Å². The van der Waals surface area contributed by atoms with E-state index in [0.717, 1.165) is 46.8 Å². The number of benzene rings is 2. The van der Waals surface area contributed by atoms with Gasteiger partial charge >= 0.3 is 6.03 Å². The average molecular weight is 371 g/mol. The standard InChI is InChI=1S/C21H29N3O3/c1-15-13-17(24(2)3)9-10-18(15)23-21(25)22-12-6-7-16-8-11-19(26-4)20(14-16)27-5/h8-11,13-14H,6-7,12H2,1-5H3,(H2,22,23,25). The maximum absolute atomic E-state index is 12.1. The first kappa shape index (κ1) is 20.4. The summed E-state index contributed by atoms with van der Waals surface area (Å²) in [6.07, 6.45) is 1.68. The van der Waals surface area contributed by atoms with Crippen LogP contribution in [0.4, 0.5) is 16.2 Å². The molecule has 0 fully saturated rings. The van der Waals surface area contributed by atoms with Gasteiger partial charge < -0.3 is 25.0 Å². The highest BCUT2D eigenvalue weighted by molar-refractivity contribution is 5.90. The summed E-state index contributed by atoms with van der Waals surface area (Å²) >= 11 is 0. The number of aryl methyl sites for hydroxylation is 2. The second kappa shape index (κ2) is 9.71. The van der Waals surface area contributed by atoms with Gasteiger partial charge in [-0.05, 0) is 61.2 Å². The van der Waals surface area contributed by atoms with Crippen LogP contribution in [0.3, 0.4) is 0 Å². The van der Waals surface area contributed by atoms with Crippen LogP contribution in [-0.4, -0.2) is 40.9 Å². The van der Waals surface area contributed by atoms with Crippen LogP contribution in [0.25, 0.3) is 0 Å². The average Bonchev–Trinajstić information content (AvgIpc) is 2.66. The molecule has 0 spiro atoms. The number of anilines is 2. The summed E-state index contributed by atoms with van der Waals surface area (Å²) in [5, 5.41) is 5.80. The van der Waals surface area contributed by atoms with Gasteiger partial charge in [0.15, 0.2) is 11.5 Å². The number of nitrogens with one attached hydrogen (secondary N) is 2. The summed E-state index contributed by atoms with van der Waals surface area (Å²) in [5.41, 5.74) is 4.10. The van der Waals surface area contributed by atoms with Crippen molar-refractivity contribution in [1.82, 2.24) is 5.32 Å². The third-order valence-electron chi connectivity index (χ3n) is 4.35. The van der Waals surface area contributed by atoms with Crippen LogP contribution in [0.5, 0.6) is 11.5 Å². The predicted octanol–water partition coefficient (Wildman–Crippen LogP) is 3.83. The zero-order valence-corrected chi connectivity index (χ0v) is 16.8. The second-order valence-corrected chi connectivity index (χ2v) is 6.57. The molecule has 2 N–H and O–H groups in total. The lowest BCUT2D eigenvalue weighted by atomic mass is 10.1. The Morgan fingerprint density at radius 2 is 1.78 bits per heavy atom. The lowest BCUT2D eigenvalue weighted by molar-refractivity contribution is 0.252. The van der Waals surface area contributed by atoms with Crippen molar-refractivity contribution >= 4 is 17.4 Å². The summed E-state index contributed by atoms with van der Waals surface area (Å²) in [6.45, 7) is 2.58. The minimum absolute atomic E-state index is 0.192. The van der Waals surface area contributed by atoms with Gasteiger partial charge in [-0.1, -0.05) is 6.07 Å². The molecule has 0 bridgehead atoms.